The van der Waals surface area contributed by atoms with Crippen LogP contribution in [-0.2, 0) is 11.2 Å². The van der Waals surface area contributed by atoms with Crippen molar-refractivity contribution in [3.8, 4) is 0 Å². The molecule has 1 aromatic carbocycles. The number of hydrogen-bond acceptors (Lipinski definition) is 5. The summed E-state index contributed by atoms with van der Waals surface area (Å²) in [5, 5.41) is 5.04. The molecule has 0 spiro atoms. The van der Waals surface area contributed by atoms with Crippen molar-refractivity contribution in [2.24, 2.45) is 0 Å². The Hall–Kier alpha value is -1.92. The summed E-state index contributed by atoms with van der Waals surface area (Å²) in [5.74, 6) is 0.0677. The van der Waals surface area contributed by atoms with Crippen LogP contribution in [0, 0.1) is 13.8 Å². The lowest BCUT2D eigenvalue weighted by molar-refractivity contribution is -0.121. The third kappa shape index (κ3) is 3.60. The van der Waals surface area contributed by atoms with Crippen molar-refractivity contribution in [3.05, 3.63) is 52.2 Å². The Morgan fingerprint density at radius 2 is 2.11 bits per heavy atom. The maximum atomic E-state index is 12.9. The average molecular weight is 398 g/mol. The number of thiophene rings is 1. The quantitative estimate of drug-likeness (QED) is 0.498. The van der Waals surface area contributed by atoms with Gasteiger partial charge in [-0.15, -0.1) is 11.3 Å². The third-order valence-corrected chi connectivity index (χ3v) is 7.49. The van der Waals surface area contributed by atoms with Crippen LogP contribution in [0.1, 0.15) is 47.4 Å². The number of carbonyl (C=O) groups is 1. The normalized spacial score (nSPS) is 17.5. The Labute approximate surface area is 167 Å². The molecule has 0 bridgehead atoms. The van der Waals surface area contributed by atoms with E-state index in [2.05, 4.69) is 53.4 Å². The van der Waals surface area contributed by atoms with Gasteiger partial charge in [0, 0.05) is 10.3 Å². The van der Waals surface area contributed by atoms with Crippen LogP contribution in [0.2, 0.25) is 0 Å². The number of fused-ring (bicyclic) bond motifs is 2. The first-order chi connectivity index (χ1) is 13.0. The molecule has 0 radical (unpaired) electrons. The van der Waals surface area contributed by atoms with Gasteiger partial charge in [-0.1, -0.05) is 36.0 Å². The molecule has 1 aliphatic carbocycles. The lowest BCUT2D eigenvalue weighted by Gasteiger charge is -2.27. The van der Waals surface area contributed by atoms with Crippen molar-refractivity contribution in [2.45, 2.75) is 56.4 Å². The van der Waals surface area contributed by atoms with Crippen molar-refractivity contribution in [2.75, 3.05) is 0 Å². The highest BCUT2D eigenvalue weighted by Gasteiger charge is 2.25. The second-order valence-electron chi connectivity index (χ2n) is 7.05. The van der Waals surface area contributed by atoms with Gasteiger partial charge in [-0.05, 0) is 56.7 Å². The van der Waals surface area contributed by atoms with E-state index in [0.717, 1.165) is 34.5 Å². The maximum Gasteiger partial charge on any atom is 0.233 e. The minimum atomic E-state index is -0.211. The van der Waals surface area contributed by atoms with E-state index >= 15 is 0 Å². The summed E-state index contributed by atoms with van der Waals surface area (Å²) in [5.41, 5.74) is 3.84. The zero-order chi connectivity index (χ0) is 19.0. The summed E-state index contributed by atoms with van der Waals surface area (Å²) in [6, 6.07) is 8.56. The van der Waals surface area contributed by atoms with Gasteiger partial charge in [-0.2, -0.15) is 0 Å². The summed E-state index contributed by atoms with van der Waals surface area (Å²) in [6.45, 7) is 6.16. The number of carbonyl (C=O) groups excluding carboxylic acids is 1. The van der Waals surface area contributed by atoms with Gasteiger partial charge in [0.1, 0.15) is 16.2 Å². The molecule has 1 amide bonds. The molecule has 3 aromatic rings. The Kier molecular flexibility index (Phi) is 5.19. The van der Waals surface area contributed by atoms with Crippen LogP contribution in [0.5, 0.6) is 0 Å². The van der Waals surface area contributed by atoms with Crippen LogP contribution in [0.25, 0.3) is 10.2 Å². The summed E-state index contributed by atoms with van der Waals surface area (Å²) in [6.07, 6.45) is 4.81. The van der Waals surface area contributed by atoms with Crippen molar-refractivity contribution in [1.82, 2.24) is 15.3 Å². The number of amides is 1. The van der Waals surface area contributed by atoms with Gasteiger partial charge in [-0.25, -0.2) is 9.97 Å². The van der Waals surface area contributed by atoms with Crippen LogP contribution >= 0.6 is 23.1 Å². The molecule has 6 heteroatoms. The van der Waals surface area contributed by atoms with Crippen molar-refractivity contribution in [3.63, 3.8) is 0 Å². The zero-order valence-electron chi connectivity index (χ0n) is 15.8. The van der Waals surface area contributed by atoms with Gasteiger partial charge >= 0.3 is 0 Å². The lowest BCUT2D eigenvalue weighted by atomic mass is 9.88. The molecule has 2 heterocycles. The molecule has 0 saturated heterocycles. The monoisotopic (exact) mass is 397 g/mol. The molecular weight excluding hydrogens is 374 g/mol. The largest absolute Gasteiger partial charge is 0.348 e. The SMILES string of the molecule is Cc1sc2ncnc(S[C@H](C)C(=O)N[C@@H]3CCCc4ccccc43)c2c1C. The van der Waals surface area contributed by atoms with Crippen LogP contribution in [0.3, 0.4) is 0 Å². The Morgan fingerprint density at radius 1 is 1.30 bits per heavy atom. The fourth-order valence-corrected chi connectivity index (χ4v) is 5.70. The maximum absolute atomic E-state index is 12.9. The Bertz CT molecular complexity index is 998. The molecule has 0 aliphatic heterocycles. The van der Waals surface area contributed by atoms with E-state index in [1.54, 1.807) is 17.7 Å². The smallest absolute Gasteiger partial charge is 0.233 e. The van der Waals surface area contributed by atoms with Crippen LogP contribution in [0.4, 0.5) is 0 Å². The first-order valence-corrected chi connectivity index (χ1v) is 11.0. The summed E-state index contributed by atoms with van der Waals surface area (Å²) in [7, 11) is 0. The molecule has 2 atom stereocenters. The standard InChI is InChI=1S/C21H23N3OS2/c1-12-13(2)26-20-18(12)21(23-11-22-20)27-14(3)19(25)24-17-10-6-8-15-7-4-5-9-16(15)17/h4-5,7,9,11,14,17H,6,8,10H2,1-3H3,(H,24,25)/t14-,17-/m1/s1. The molecule has 1 aliphatic rings. The molecule has 0 unspecified atom stereocenters. The molecule has 27 heavy (non-hydrogen) atoms. The van der Waals surface area contributed by atoms with E-state index in [1.807, 2.05) is 6.92 Å². The second kappa shape index (κ2) is 7.60. The van der Waals surface area contributed by atoms with Crippen LogP contribution in [0.15, 0.2) is 35.6 Å². The first kappa shape index (κ1) is 18.4. The Morgan fingerprint density at radius 3 is 2.96 bits per heavy atom. The molecule has 4 nitrogen and oxygen atoms in total. The van der Waals surface area contributed by atoms with E-state index in [-0.39, 0.29) is 17.2 Å². The number of nitrogens with one attached hydrogen (secondary N) is 1. The summed E-state index contributed by atoms with van der Waals surface area (Å²) < 4.78 is 0. The highest BCUT2D eigenvalue weighted by molar-refractivity contribution is 8.00. The molecule has 4 rings (SSSR count). The predicted octanol–water partition coefficient (Wildman–Crippen LogP) is 4.98. The molecule has 0 saturated carbocycles. The highest BCUT2D eigenvalue weighted by Crippen LogP contribution is 2.36. The fourth-order valence-electron chi connectivity index (χ4n) is 3.65. The number of aryl methyl sites for hydroxylation is 3. The van der Waals surface area contributed by atoms with Gasteiger partial charge in [-0.3, -0.25) is 4.79 Å². The molecule has 1 N–H and O–H groups in total. The second-order valence-corrected chi connectivity index (χ2v) is 9.59. The first-order valence-electron chi connectivity index (χ1n) is 9.30. The van der Waals surface area contributed by atoms with Crippen LogP contribution in [-0.4, -0.2) is 21.1 Å². The van der Waals surface area contributed by atoms with Gasteiger partial charge in [0.15, 0.2) is 0 Å². The Balaban J connectivity index is 1.51. The molecule has 0 fully saturated rings. The highest BCUT2D eigenvalue weighted by atomic mass is 32.2. The lowest BCUT2D eigenvalue weighted by Crippen LogP contribution is -2.35. The van der Waals surface area contributed by atoms with Gasteiger partial charge in [0.25, 0.3) is 0 Å². The predicted molar refractivity (Wildman–Crippen MR) is 112 cm³/mol. The van der Waals surface area contributed by atoms with E-state index in [1.165, 1.54) is 33.3 Å². The van der Waals surface area contributed by atoms with Crippen molar-refractivity contribution < 1.29 is 4.79 Å². The summed E-state index contributed by atoms with van der Waals surface area (Å²) >= 11 is 3.21. The zero-order valence-corrected chi connectivity index (χ0v) is 17.4. The van der Waals surface area contributed by atoms with Gasteiger partial charge in [0.05, 0.1) is 11.3 Å². The minimum Gasteiger partial charge on any atom is -0.348 e. The molecule has 140 valence electrons. The number of aromatic nitrogens is 2. The fraction of sp³-hybridized carbons (Fsp3) is 0.381. The average Bonchev–Trinajstić information content (AvgIpc) is 2.97. The minimum absolute atomic E-state index is 0.0677. The van der Waals surface area contributed by atoms with Crippen LogP contribution < -0.4 is 5.32 Å². The number of benzene rings is 1. The van der Waals surface area contributed by atoms with Gasteiger partial charge < -0.3 is 5.32 Å². The topological polar surface area (TPSA) is 54.9 Å². The van der Waals surface area contributed by atoms with Gasteiger partial charge in [0.2, 0.25) is 5.91 Å². The number of thioether (sulfide) groups is 1. The number of nitrogens with zero attached hydrogens (tertiary/aromatic N) is 2. The third-order valence-electron chi connectivity index (χ3n) is 5.27. The van der Waals surface area contributed by atoms with Crippen molar-refractivity contribution >= 4 is 39.2 Å². The van der Waals surface area contributed by atoms with E-state index in [4.69, 9.17) is 0 Å². The molecular formula is C21H23N3OS2. The van der Waals surface area contributed by atoms with E-state index in [9.17, 15) is 4.79 Å². The number of rotatable bonds is 4. The number of hydrogen-bond donors (Lipinski definition) is 1. The van der Waals surface area contributed by atoms with E-state index < -0.39 is 0 Å². The van der Waals surface area contributed by atoms with Crippen molar-refractivity contribution in [1.29, 1.82) is 0 Å². The van der Waals surface area contributed by atoms with E-state index in [0.29, 0.717) is 0 Å². The summed E-state index contributed by atoms with van der Waals surface area (Å²) in [4.78, 5) is 24.0. The molecule has 2 aromatic heterocycles.